The molecule has 0 spiro atoms. The molecular weight excluding hydrogens is 423 g/mol. The average Bonchev–Trinajstić information content (AvgIpc) is 3.19. The third-order valence-corrected chi connectivity index (χ3v) is 8.21. The van der Waals surface area contributed by atoms with Gasteiger partial charge in [-0.1, -0.05) is 6.92 Å². The van der Waals surface area contributed by atoms with Crippen LogP contribution in [-0.2, 0) is 22.4 Å². The van der Waals surface area contributed by atoms with E-state index in [1.165, 1.54) is 6.20 Å². The zero-order valence-corrected chi connectivity index (χ0v) is 18.0. The van der Waals surface area contributed by atoms with Gasteiger partial charge in [0.2, 0.25) is 11.5 Å². The van der Waals surface area contributed by atoms with Gasteiger partial charge in [-0.25, -0.2) is 0 Å². The van der Waals surface area contributed by atoms with Crippen LogP contribution in [-0.4, -0.2) is 37.2 Å². The Morgan fingerprint density at radius 1 is 1.22 bits per heavy atom. The summed E-state index contributed by atoms with van der Waals surface area (Å²) in [4.78, 5) is 12.0. The van der Waals surface area contributed by atoms with E-state index in [1.54, 1.807) is 0 Å². The SMILES string of the molecule is C[C@@H]1Cn2nc(C34CCC(C(N)=O)(CC3)CC4)cc2-c2cnnc([C@](C)(O)C(F)(F)F)c21. The molecule has 7 nitrogen and oxygen atoms in total. The van der Waals surface area contributed by atoms with Crippen LogP contribution in [0, 0.1) is 5.41 Å². The number of fused-ring (bicyclic) bond motifs is 6. The first-order valence-electron chi connectivity index (χ1n) is 10.9. The number of hydrogen-bond donors (Lipinski definition) is 2. The zero-order valence-electron chi connectivity index (χ0n) is 18.0. The van der Waals surface area contributed by atoms with Crippen molar-refractivity contribution in [2.24, 2.45) is 11.1 Å². The molecule has 2 aromatic rings. The molecule has 3 N–H and O–H groups in total. The number of amides is 1. The Balaban J connectivity index is 1.57. The first kappa shape index (κ1) is 21.4. The lowest BCUT2D eigenvalue weighted by atomic mass is 9.52. The molecule has 4 aliphatic rings. The molecule has 0 unspecified atom stereocenters. The molecule has 3 saturated carbocycles. The fourth-order valence-electron chi connectivity index (χ4n) is 5.91. The molecule has 2 aromatic heterocycles. The zero-order chi connectivity index (χ0) is 23.1. The summed E-state index contributed by atoms with van der Waals surface area (Å²) in [5.41, 5.74) is 4.04. The van der Waals surface area contributed by atoms with E-state index in [1.807, 2.05) is 17.7 Å². The summed E-state index contributed by atoms with van der Waals surface area (Å²) in [6, 6.07) is 1.95. The second-order valence-electron chi connectivity index (χ2n) is 10.0. The van der Waals surface area contributed by atoms with Crippen LogP contribution >= 0.6 is 0 Å². The van der Waals surface area contributed by atoms with Gasteiger partial charge >= 0.3 is 6.18 Å². The first-order chi connectivity index (χ1) is 14.9. The number of alkyl halides is 3. The highest BCUT2D eigenvalue weighted by atomic mass is 19.4. The number of carbonyl (C=O) groups excluding carboxylic acids is 1. The number of carbonyl (C=O) groups is 1. The van der Waals surface area contributed by atoms with Gasteiger partial charge < -0.3 is 10.8 Å². The van der Waals surface area contributed by atoms with E-state index in [2.05, 4.69) is 10.2 Å². The lowest BCUT2D eigenvalue weighted by Crippen LogP contribution is -2.50. The van der Waals surface area contributed by atoms with E-state index in [-0.39, 0.29) is 17.2 Å². The van der Waals surface area contributed by atoms with Gasteiger partial charge in [0.1, 0.15) is 5.69 Å². The Hall–Kier alpha value is -2.49. The van der Waals surface area contributed by atoms with Gasteiger partial charge in [-0.2, -0.15) is 28.5 Å². The smallest absolute Gasteiger partial charge is 0.375 e. The molecule has 1 amide bonds. The first-order valence-corrected chi connectivity index (χ1v) is 10.9. The van der Waals surface area contributed by atoms with E-state index in [0.717, 1.165) is 51.1 Å². The Kier molecular flexibility index (Phi) is 4.35. The van der Waals surface area contributed by atoms with Crippen LogP contribution in [0.5, 0.6) is 0 Å². The van der Waals surface area contributed by atoms with Crippen LogP contribution in [0.2, 0.25) is 0 Å². The molecule has 3 heterocycles. The van der Waals surface area contributed by atoms with Crippen molar-refractivity contribution in [2.75, 3.05) is 0 Å². The lowest BCUT2D eigenvalue weighted by molar-refractivity contribution is -0.260. The van der Waals surface area contributed by atoms with Gasteiger partial charge in [0.25, 0.3) is 0 Å². The van der Waals surface area contributed by atoms with E-state index in [0.29, 0.717) is 23.4 Å². The van der Waals surface area contributed by atoms with E-state index in [4.69, 9.17) is 10.8 Å². The van der Waals surface area contributed by atoms with Crippen molar-refractivity contribution < 1.29 is 23.1 Å². The minimum absolute atomic E-state index is 0.147. The summed E-state index contributed by atoms with van der Waals surface area (Å²) < 4.78 is 42.6. The van der Waals surface area contributed by atoms with Crippen molar-refractivity contribution in [1.29, 1.82) is 0 Å². The summed E-state index contributed by atoms with van der Waals surface area (Å²) >= 11 is 0. The maximum absolute atomic E-state index is 13.6. The third kappa shape index (κ3) is 2.77. The molecule has 0 aromatic carbocycles. The highest BCUT2D eigenvalue weighted by Gasteiger charge is 2.55. The molecule has 32 heavy (non-hydrogen) atoms. The van der Waals surface area contributed by atoms with E-state index in [9.17, 15) is 23.1 Å². The quantitative estimate of drug-likeness (QED) is 0.748. The topological polar surface area (TPSA) is 107 Å². The van der Waals surface area contributed by atoms with Gasteiger partial charge in [-0.15, -0.1) is 0 Å². The number of primary amides is 1. The maximum Gasteiger partial charge on any atom is 0.422 e. The standard InChI is InChI=1S/C22H26F3N5O2/c1-12-11-30-14(13-10-27-28-17(16(12)13)19(2,32)22(23,24)25)9-15(29-30)20-3-6-21(7-4-20,8-5-20)18(26)31/h9-10,12,32H,3-8,11H2,1-2H3,(H2,26,31)/t12-,19+,20?,21?/m1/s1. The summed E-state index contributed by atoms with van der Waals surface area (Å²) in [5.74, 6) is -0.553. The van der Waals surface area contributed by atoms with Crippen molar-refractivity contribution in [3.8, 4) is 11.3 Å². The number of nitrogens with zero attached hydrogens (tertiary/aromatic N) is 4. The van der Waals surface area contributed by atoms with Crippen LogP contribution in [0.15, 0.2) is 12.3 Å². The number of nitrogens with two attached hydrogens (primary N) is 1. The Morgan fingerprint density at radius 3 is 2.41 bits per heavy atom. The van der Waals surface area contributed by atoms with Crippen LogP contribution in [0.3, 0.4) is 0 Å². The molecule has 10 heteroatoms. The molecule has 172 valence electrons. The number of aliphatic hydroxyl groups is 1. The minimum atomic E-state index is -4.88. The highest BCUT2D eigenvalue weighted by molar-refractivity contribution is 5.81. The summed E-state index contributed by atoms with van der Waals surface area (Å²) in [5, 5.41) is 22.7. The molecule has 3 aliphatic carbocycles. The Morgan fingerprint density at radius 2 is 1.84 bits per heavy atom. The summed E-state index contributed by atoms with van der Waals surface area (Å²) in [7, 11) is 0. The second kappa shape index (κ2) is 6.52. The molecule has 0 saturated heterocycles. The van der Waals surface area contributed by atoms with Crippen LogP contribution in [0.1, 0.15) is 75.2 Å². The normalized spacial score (nSPS) is 31.0. The lowest BCUT2D eigenvalue weighted by Gasteiger charge is -2.51. The minimum Gasteiger partial charge on any atom is -0.375 e. The van der Waals surface area contributed by atoms with Crippen LogP contribution in [0.25, 0.3) is 11.3 Å². The van der Waals surface area contributed by atoms with Crippen molar-refractivity contribution in [3.63, 3.8) is 0 Å². The number of rotatable bonds is 3. The van der Waals surface area contributed by atoms with Gasteiger partial charge in [-0.3, -0.25) is 9.48 Å². The van der Waals surface area contributed by atoms with Crippen molar-refractivity contribution in [1.82, 2.24) is 20.0 Å². The number of halogens is 3. The Labute approximate surface area is 183 Å². The fraction of sp³-hybridized carbons (Fsp3) is 0.636. The van der Waals surface area contributed by atoms with Crippen LogP contribution in [0.4, 0.5) is 13.2 Å². The van der Waals surface area contributed by atoms with Gasteiger partial charge in [0, 0.05) is 28.9 Å². The van der Waals surface area contributed by atoms with Crippen molar-refractivity contribution >= 4 is 5.91 Å². The molecular formula is C22H26F3N5O2. The van der Waals surface area contributed by atoms with Crippen LogP contribution < -0.4 is 5.73 Å². The predicted octanol–water partition coefficient (Wildman–Crippen LogP) is 3.30. The van der Waals surface area contributed by atoms with Crippen molar-refractivity contribution in [3.05, 3.63) is 29.2 Å². The third-order valence-electron chi connectivity index (χ3n) is 8.21. The number of aromatic nitrogens is 4. The molecule has 2 atom stereocenters. The van der Waals surface area contributed by atoms with Gasteiger partial charge in [0.05, 0.1) is 17.6 Å². The van der Waals surface area contributed by atoms with E-state index < -0.39 is 22.9 Å². The van der Waals surface area contributed by atoms with Gasteiger partial charge in [0.15, 0.2) is 0 Å². The second-order valence-corrected chi connectivity index (χ2v) is 10.0. The molecule has 6 rings (SSSR count). The van der Waals surface area contributed by atoms with Crippen molar-refractivity contribution in [2.45, 2.75) is 82.0 Å². The molecule has 2 bridgehead atoms. The van der Waals surface area contributed by atoms with E-state index >= 15 is 0 Å². The molecule has 3 fully saturated rings. The fourth-order valence-corrected chi connectivity index (χ4v) is 5.91. The summed E-state index contributed by atoms with van der Waals surface area (Å²) in [6.07, 6.45) is 1.24. The number of hydrogen-bond acceptors (Lipinski definition) is 5. The molecule has 1 aliphatic heterocycles. The maximum atomic E-state index is 13.6. The molecule has 0 radical (unpaired) electrons. The highest BCUT2D eigenvalue weighted by Crippen LogP contribution is 2.58. The largest absolute Gasteiger partial charge is 0.422 e. The van der Waals surface area contributed by atoms with Gasteiger partial charge in [-0.05, 0) is 57.1 Å². The summed E-state index contributed by atoms with van der Waals surface area (Å²) in [6.45, 7) is 2.91. The monoisotopic (exact) mass is 449 g/mol. The predicted molar refractivity (Wildman–Crippen MR) is 108 cm³/mol. The average molecular weight is 449 g/mol. The Bertz CT molecular complexity index is 1080.